The molecule has 0 amide bonds. The zero-order valence-electron chi connectivity index (χ0n) is 38.7. The van der Waals surface area contributed by atoms with Gasteiger partial charge in [-0.05, 0) is 45.8 Å². The van der Waals surface area contributed by atoms with Crippen LogP contribution in [0, 0.1) is 0 Å². The molecule has 0 aromatic carbocycles. The summed E-state index contributed by atoms with van der Waals surface area (Å²) in [5.74, 6) is 0. The largest absolute Gasteiger partial charge is 0.575 e. The predicted octanol–water partition coefficient (Wildman–Crippen LogP) is -9.88. The first-order valence-electron chi connectivity index (χ1n) is 18.9. The van der Waals surface area contributed by atoms with Gasteiger partial charge in [-0.2, -0.15) is 0 Å². The van der Waals surface area contributed by atoms with E-state index < -0.39 is 250 Å². The quantitative estimate of drug-likeness (QED) is 0.0540. The van der Waals surface area contributed by atoms with E-state index in [1.165, 1.54) is 13.1 Å². The van der Waals surface area contributed by atoms with E-state index in [1.54, 1.807) is 39.3 Å². The van der Waals surface area contributed by atoms with E-state index in [4.69, 9.17) is 12.3 Å². The average Bonchev–Trinajstić information content (AvgIpc) is 3.30. The van der Waals surface area contributed by atoms with Gasteiger partial charge in [-0.3, -0.25) is 0 Å². The minimum absolute atomic E-state index is 1.10. The summed E-state index contributed by atoms with van der Waals surface area (Å²) in [7, 11) is -134. The van der Waals surface area contributed by atoms with E-state index >= 15 is 0 Å². The van der Waals surface area contributed by atoms with Crippen molar-refractivity contribution in [1.29, 1.82) is 0 Å². The standard InChI is InChI=1S/C10H30O31Si32/c1-70(2,3)41-72(7,8)39-42(11)44(13)45(14)46(15)47(16)48(17)49(18)50(19)51(20)52(21)53(22)54(23)55(24)56(25)57(26)58(27)59(28)60(29)61(30)62(31)63(32)64(33)65(34)66(35)67(36)69(38)73(9,10)40-43(12)68(37)71(4,5)6/h1-10H3. The van der Waals surface area contributed by atoms with Crippen molar-refractivity contribution in [1.82, 2.24) is 0 Å². The SMILES string of the molecule is C[Si](C)(C)O[Si](C)(C)O[Si](=O)[Si](=O)[Si](=O)[Si](=O)[Si](=O)[Si](=O)[Si](=O)[Si](=O)[Si](=O)[Si](=O)[Si](=O)[Si](=O)[Si](=O)[Si](=O)[Si](=O)[Si](=O)[Si](=O)[Si](=O)[Si](=O)[Si](=O)[Si](=O)[Si](=O)[Si](=O)[Si](=O)[Si](=O)[Si](=O)[Si](C)(C)O[Si](=O)[Si](=O)[Si](C)(C)C. The molecule has 0 bridgehead atoms. The van der Waals surface area contributed by atoms with Crippen LogP contribution < -0.4 is 0 Å². The summed E-state index contributed by atoms with van der Waals surface area (Å²) in [5, 5.41) is 0. The molecule has 0 aliphatic heterocycles. The molecule has 0 N–H and O–H groups in total. The van der Waals surface area contributed by atoms with Crippen LogP contribution in [0.25, 0.3) is 0 Å². The Morgan fingerprint density at radius 2 is 0.411 bits per heavy atom. The van der Waals surface area contributed by atoms with E-state index in [-0.39, 0.29) is 0 Å². The molecule has 73 heavy (non-hydrogen) atoms. The first-order valence-corrected chi connectivity index (χ1v) is 98.8. The molecule has 0 aromatic rings. The molecule has 0 spiro atoms. The summed E-state index contributed by atoms with van der Waals surface area (Å²) in [4.78, 5) is 0. The predicted molar refractivity (Wildman–Crippen MR) is 265 cm³/mol. The van der Waals surface area contributed by atoms with Crippen molar-refractivity contribution in [2.24, 2.45) is 0 Å². The van der Waals surface area contributed by atoms with E-state index in [1.807, 2.05) is 0 Å². The lowest BCUT2D eigenvalue weighted by Crippen LogP contribution is -2.59. The lowest BCUT2D eigenvalue weighted by atomic mass is 11.8. The van der Waals surface area contributed by atoms with Crippen molar-refractivity contribution < 1.29 is 137 Å². The lowest BCUT2D eigenvalue weighted by molar-refractivity contribution is 0.377. The molecule has 0 saturated carbocycles. The van der Waals surface area contributed by atoms with Crippen LogP contribution in [0.1, 0.15) is 0 Å². The number of hydrogen-bond donors (Lipinski definition) is 0. The topological polar surface area (TPSA) is 506 Å². The highest BCUT2D eigenvalue weighted by molar-refractivity contribution is 7.84. The number of hydrogen-bond acceptors (Lipinski definition) is 31. The first kappa shape index (κ1) is 73.9. The molecule has 0 unspecified atom stereocenters. The Kier molecular flexibility index (Phi) is 30.5. The van der Waals surface area contributed by atoms with Crippen molar-refractivity contribution in [3.05, 3.63) is 0 Å². The van der Waals surface area contributed by atoms with Crippen LogP contribution in [0.5, 0.6) is 0 Å². The van der Waals surface area contributed by atoms with Crippen molar-refractivity contribution >= 4 is 250 Å². The summed E-state index contributed by atoms with van der Waals surface area (Å²) >= 11 is 0. The second-order valence-corrected chi connectivity index (χ2v) is 172. The highest BCUT2D eigenvalue weighted by atomic mass is 30.1. The van der Waals surface area contributed by atoms with Crippen LogP contribution >= 0.6 is 0 Å². The Morgan fingerprint density at radius 1 is 0.219 bits per heavy atom. The highest BCUT2D eigenvalue weighted by Gasteiger charge is 2.59. The summed E-state index contributed by atoms with van der Waals surface area (Å²) in [6.45, 7) is 14.9. The molecule has 0 saturated heterocycles. The Bertz CT molecular complexity index is 2930. The Hall–Kier alpha value is 0.900. The van der Waals surface area contributed by atoms with Crippen LogP contribution in [0.15, 0.2) is 0 Å². The molecule has 0 atom stereocenters. The minimum atomic E-state index is -4.68. The smallest absolute Gasteiger partial charge is 0.533 e. The molecule has 31 nitrogen and oxygen atoms in total. The van der Waals surface area contributed by atoms with Gasteiger partial charge in [-0.1, -0.05) is 19.6 Å². The Balaban J connectivity index is 5.91. The molecule has 0 aromatic heterocycles. The highest BCUT2D eigenvalue weighted by Crippen LogP contribution is 2.15. The average molecular weight is 1550 g/mol. The van der Waals surface area contributed by atoms with Crippen molar-refractivity contribution in [2.75, 3.05) is 0 Å². The van der Waals surface area contributed by atoms with Gasteiger partial charge < -0.3 is 137 Å². The van der Waals surface area contributed by atoms with Gasteiger partial charge in [0, 0.05) is 0 Å². The fourth-order valence-corrected chi connectivity index (χ4v) is 337. The van der Waals surface area contributed by atoms with Crippen LogP contribution in [0.3, 0.4) is 0 Å². The molecular weight excluding hydrogens is 1510 g/mol. The monoisotopic (exact) mass is 1540 g/mol. The Morgan fingerprint density at radius 3 is 0.603 bits per heavy atom. The maximum Gasteiger partial charge on any atom is 0.533 e. The third kappa shape index (κ3) is 20.7. The molecular formula is C10H30O31Si32. The molecule has 0 fully saturated rings. The molecule has 0 radical (unpaired) electrons. The maximum atomic E-state index is 13.1. The van der Waals surface area contributed by atoms with Gasteiger partial charge in [0.15, 0.2) is 8.32 Å². The van der Waals surface area contributed by atoms with Crippen molar-refractivity contribution in [3.63, 3.8) is 0 Å². The fraction of sp³-hybridized carbons (Fsp3) is 1.00. The minimum Gasteiger partial charge on any atom is -0.575 e. The van der Waals surface area contributed by atoms with Crippen LogP contribution in [0.4, 0.5) is 0 Å². The van der Waals surface area contributed by atoms with E-state index in [2.05, 4.69) is 0 Å². The molecule has 0 aliphatic rings. The third-order valence-corrected chi connectivity index (χ3v) is 241. The van der Waals surface area contributed by atoms with Crippen LogP contribution in [0.2, 0.25) is 65.5 Å². The van der Waals surface area contributed by atoms with E-state index in [0.717, 1.165) is 13.1 Å². The molecule has 63 heteroatoms. The van der Waals surface area contributed by atoms with Gasteiger partial charge in [0.05, 0.1) is 0 Å². The Labute approximate surface area is 447 Å². The van der Waals surface area contributed by atoms with Crippen molar-refractivity contribution in [2.45, 2.75) is 65.5 Å². The zero-order chi connectivity index (χ0) is 58.3. The van der Waals surface area contributed by atoms with Crippen LogP contribution in [-0.4, -0.2) is 250 Å². The van der Waals surface area contributed by atoms with Gasteiger partial charge >= 0.3 is 226 Å². The normalized spacial score (nSPS) is 11.1. The van der Waals surface area contributed by atoms with Gasteiger partial charge in [0.2, 0.25) is 0 Å². The van der Waals surface area contributed by atoms with Crippen LogP contribution in [-0.2, 0) is 137 Å². The van der Waals surface area contributed by atoms with Crippen molar-refractivity contribution in [3.8, 4) is 0 Å². The summed E-state index contributed by atoms with van der Waals surface area (Å²) in [6, 6.07) is 0. The number of rotatable bonds is 34. The second kappa shape index (κ2) is 30.1. The fourth-order valence-electron chi connectivity index (χ4n) is 4.40. The first-order chi connectivity index (χ1) is 32.6. The van der Waals surface area contributed by atoms with E-state index in [0.29, 0.717) is 0 Å². The second-order valence-electron chi connectivity index (χ2n) is 16.7. The van der Waals surface area contributed by atoms with Gasteiger partial charge in [-0.25, -0.2) is 0 Å². The molecule has 384 valence electrons. The summed E-state index contributed by atoms with van der Waals surface area (Å²) in [5.41, 5.74) is 0. The summed E-state index contributed by atoms with van der Waals surface area (Å²) in [6.07, 6.45) is 0. The van der Waals surface area contributed by atoms with Gasteiger partial charge in [0.25, 0.3) is 7.83 Å². The maximum absolute atomic E-state index is 13.1. The van der Waals surface area contributed by atoms with Gasteiger partial charge in [0.1, 0.15) is 7.59 Å². The molecule has 0 aliphatic carbocycles. The summed E-state index contributed by atoms with van der Waals surface area (Å²) < 4.78 is 374. The lowest BCUT2D eigenvalue weighted by Gasteiger charge is -2.30. The van der Waals surface area contributed by atoms with E-state index in [9.17, 15) is 125 Å². The molecule has 0 heterocycles. The van der Waals surface area contributed by atoms with Gasteiger partial charge in [-0.15, -0.1) is 0 Å². The zero-order valence-corrected chi connectivity index (χ0v) is 70.7. The third-order valence-electron chi connectivity index (χ3n) is 7.79. The molecule has 0 rings (SSSR count).